The molecule has 12 rings (SSSR count). The van der Waals surface area contributed by atoms with Crippen LogP contribution in [0.3, 0.4) is 0 Å². The molecule has 10 aromatic rings. The van der Waals surface area contributed by atoms with E-state index < -0.39 is 5.41 Å². The first-order chi connectivity index (χ1) is 25.4. The molecule has 246 valence electrons. The van der Waals surface area contributed by atoms with Gasteiger partial charge in [-0.3, -0.25) is 0 Å². The van der Waals surface area contributed by atoms with Gasteiger partial charge in [-0.15, -0.1) is 0 Å². The van der Waals surface area contributed by atoms with E-state index in [0.717, 1.165) is 0 Å². The highest BCUT2D eigenvalue weighted by atomic mass is 14.9. The fourth-order valence-electron chi connectivity index (χ4n) is 10.4. The van der Waals surface area contributed by atoms with E-state index in [-0.39, 0.29) is 0 Å². The van der Waals surface area contributed by atoms with E-state index in [1.54, 1.807) is 0 Å². The van der Waals surface area contributed by atoms with Crippen molar-refractivity contribution in [1.82, 2.24) is 4.40 Å². The molecule has 1 spiro atoms. The average molecular weight is 664 g/mol. The number of fused-ring (bicyclic) bond motifs is 19. The molecular weight excluding hydrogens is 627 g/mol. The number of aromatic nitrogens is 1. The average Bonchev–Trinajstić information content (AvgIpc) is 3.86. The van der Waals surface area contributed by atoms with Gasteiger partial charge in [0.15, 0.2) is 0 Å². The van der Waals surface area contributed by atoms with Gasteiger partial charge in [0.1, 0.15) is 0 Å². The van der Waals surface area contributed by atoms with E-state index in [9.17, 15) is 0 Å². The van der Waals surface area contributed by atoms with Crippen LogP contribution in [0.5, 0.6) is 0 Å². The van der Waals surface area contributed by atoms with E-state index in [1.165, 1.54) is 115 Å². The molecule has 0 unspecified atom stereocenters. The number of hydrogen-bond acceptors (Lipinski definition) is 0. The van der Waals surface area contributed by atoms with Gasteiger partial charge in [-0.1, -0.05) is 137 Å². The minimum atomic E-state index is -0.419. The van der Waals surface area contributed by atoms with Crippen LogP contribution >= 0.6 is 0 Å². The maximum absolute atomic E-state index is 2.62. The van der Waals surface area contributed by atoms with Crippen molar-refractivity contribution in [2.45, 2.75) is 44.9 Å². The zero-order valence-corrected chi connectivity index (χ0v) is 29.9. The first-order valence-electron chi connectivity index (χ1n) is 18.9. The lowest BCUT2D eigenvalue weighted by Gasteiger charge is -2.31. The minimum absolute atomic E-state index is 0.419. The standard InChI is InChI=1S/C51H37N/c1-28(2)30-17-19-32-25-46-39(23-34(32)21-30)41-27-40-38-13-7-10-16-45(38)51(43-14-8-5-11-36(43)37-12-6-9-15-44(37)51)49(40)48-42-24-35-22-31(29(3)4)18-20-33(35)26-47(42)52(46)50(41)48/h5-29H,1-4H3. The summed E-state index contributed by atoms with van der Waals surface area (Å²) in [6.45, 7) is 9.17. The molecule has 2 aromatic heterocycles. The summed E-state index contributed by atoms with van der Waals surface area (Å²) in [6.07, 6.45) is 0. The zero-order chi connectivity index (χ0) is 34.6. The maximum atomic E-state index is 2.62. The van der Waals surface area contributed by atoms with Crippen molar-refractivity contribution < 1.29 is 0 Å². The topological polar surface area (TPSA) is 4.41 Å². The van der Waals surface area contributed by atoms with Gasteiger partial charge in [0, 0.05) is 21.5 Å². The number of nitrogens with zero attached hydrogens (tertiary/aromatic N) is 1. The van der Waals surface area contributed by atoms with Gasteiger partial charge in [-0.25, -0.2) is 0 Å². The molecule has 2 aliphatic carbocycles. The molecular formula is C51H37N. The van der Waals surface area contributed by atoms with Crippen molar-refractivity contribution in [2.75, 3.05) is 0 Å². The molecule has 0 N–H and O–H groups in total. The summed E-state index contributed by atoms with van der Waals surface area (Å²) < 4.78 is 2.62. The van der Waals surface area contributed by atoms with E-state index in [0.29, 0.717) is 11.8 Å². The van der Waals surface area contributed by atoms with E-state index >= 15 is 0 Å². The third kappa shape index (κ3) is 3.32. The quantitative estimate of drug-likeness (QED) is 0.173. The second kappa shape index (κ2) is 9.69. The molecule has 0 aliphatic heterocycles. The predicted molar refractivity (Wildman–Crippen MR) is 221 cm³/mol. The van der Waals surface area contributed by atoms with Crippen LogP contribution in [0.1, 0.15) is 72.9 Å². The van der Waals surface area contributed by atoms with E-state index in [1.807, 2.05) is 0 Å². The lowest BCUT2D eigenvalue weighted by molar-refractivity contribution is 0.802. The molecule has 8 aromatic carbocycles. The smallest absolute Gasteiger partial charge is 0.0732 e. The van der Waals surface area contributed by atoms with Gasteiger partial charge in [0.2, 0.25) is 0 Å². The first kappa shape index (κ1) is 28.7. The van der Waals surface area contributed by atoms with Crippen LogP contribution < -0.4 is 0 Å². The highest BCUT2D eigenvalue weighted by Gasteiger charge is 2.53. The van der Waals surface area contributed by atoms with Crippen molar-refractivity contribution in [1.29, 1.82) is 0 Å². The first-order valence-corrected chi connectivity index (χ1v) is 18.9. The van der Waals surface area contributed by atoms with Crippen LogP contribution in [0.15, 0.2) is 140 Å². The Labute approximate surface area is 303 Å². The SMILES string of the molecule is CC(C)c1ccc2cc3c(cc2c1)c1cc2c(c4c5cc6cc(C(C)C)ccc6cc5n3c14)C1(c3ccccc3-c3ccccc31)c1ccccc1-2. The highest BCUT2D eigenvalue weighted by Crippen LogP contribution is 2.65. The summed E-state index contributed by atoms with van der Waals surface area (Å²) >= 11 is 0. The van der Waals surface area contributed by atoms with E-state index in [4.69, 9.17) is 0 Å². The summed E-state index contributed by atoms with van der Waals surface area (Å²) in [7, 11) is 0. The Balaban J connectivity index is 1.35. The van der Waals surface area contributed by atoms with Gasteiger partial charge in [0.25, 0.3) is 0 Å². The second-order valence-electron chi connectivity index (χ2n) is 16.1. The molecule has 52 heavy (non-hydrogen) atoms. The Morgan fingerprint density at radius 3 is 1.44 bits per heavy atom. The summed E-state index contributed by atoms with van der Waals surface area (Å²) in [6, 6.07) is 54.3. The van der Waals surface area contributed by atoms with Crippen LogP contribution in [-0.2, 0) is 5.41 Å². The van der Waals surface area contributed by atoms with Crippen molar-refractivity contribution in [3.8, 4) is 22.3 Å². The second-order valence-corrected chi connectivity index (χ2v) is 16.1. The van der Waals surface area contributed by atoms with Crippen LogP contribution in [0.4, 0.5) is 0 Å². The fraction of sp³-hybridized carbons (Fsp3) is 0.137. The normalized spacial score (nSPS) is 14.3. The molecule has 0 radical (unpaired) electrons. The Morgan fingerprint density at radius 1 is 0.423 bits per heavy atom. The fourth-order valence-corrected chi connectivity index (χ4v) is 10.4. The third-order valence-electron chi connectivity index (χ3n) is 12.8. The summed E-state index contributed by atoms with van der Waals surface area (Å²) in [5.74, 6) is 0.952. The predicted octanol–water partition coefficient (Wildman–Crippen LogP) is 13.7. The summed E-state index contributed by atoms with van der Waals surface area (Å²) in [4.78, 5) is 0. The minimum Gasteiger partial charge on any atom is -0.308 e. The molecule has 2 aliphatic rings. The van der Waals surface area contributed by atoms with Crippen LogP contribution in [0.25, 0.3) is 81.9 Å². The Bertz CT molecular complexity index is 3140. The van der Waals surface area contributed by atoms with Crippen molar-refractivity contribution >= 4 is 59.6 Å². The zero-order valence-electron chi connectivity index (χ0n) is 29.9. The Kier molecular flexibility index (Phi) is 5.36. The largest absolute Gasteiger partial charge is 0.308 e. The van der Waals surface area contributed by atoms with Gasteiger partial charge in [-0.05, 0) is 119 Å². The molecule has 0 saturated carbocycles. The van der Waals surface area contributed by atoms with Crippen molar-refractivity contribution in [2.24, 2.45) is 0 Å². The van der Waals surface area contributed by atoms with Gasteiger partial charge in [0.05, 0.1) is 22.0 Å². The molecule has 0 bridgehead atoms. The molecule has 0 atom stereocenters. The van der Waals surface area contributed by atoms with Crippen molar-refractivity contribution in [3.05, 3.63) is 173 Å². The molecule has 2 heterocycles. The number of benzene rings is 8. The van der Waals surface area contributed by atoms with E-state index in [2.05, 4.69) is 172 Å². The lowest BCUT2D eigenvalue weighted by atomic mass is 9.69. The third-order valence-corrected chi connectivity index (χ3v) is 12.8. The summed E-state index contributed by atoms with van der Waals surface area (Å²) in [5, 5.41) is 10.6. The monoisotopic (exact) mass is 663 g/mol. The molecule has 0 fully saturated rings. The van der Waals surface area contributed by atoms with Crippen LogP contribution in [0.2, 0.25) is 0 Å². The highest BCUT2D eigenvalue weighted by molar-refractivity contribution is 6.29. The van der Waals surface area contributed by atoms with Gasteiger partial charge in [-0.2, -0.15) is 0 Å². The van der Waals surface area contributed by atoms with Crippen molar-refractivity contribution in [3.63, 3.8) is 0 Å². The van der Waals surface area contributed by atoms with Crippen LogP contribution in [-0.4, -0.2) is 4.40 Å². The number of rotatable bonds is 2. The number of hydrogen-bond donors (Lipinski definition) is 0. The van der Waals surface area contributed by atoms with Crippen LogP contribution in [0, 0.1) is 0 Å². The molecule has 1 nitrogen and oxygen atoms in total. The van der Waals surface area contributed by atoms with Gasteiger partial charge >= 0.3 is 0 Å². The Morgan fingerprint density at radius 2 is 0.904 bits per heavy atom. The Hall–Kier alpha value is -5.92. The molecule has 0 saturated heterocycles. The molecule has 0 amide bonds. The molecule has 1 heteroatoms. The lowest BCUT2D eigenvalue weighted by Crippen LogP contribution is -2.26. The maximum Gasteiger partial charge on any atom is 0.0732 e. The van der Waals surface area contributed by atoms with Gasteiger partial charge < -0.3 is 4.40 Å². The summed E-state index contributed by atoms with van der Waals surface area (Å²) in [5.41, 5.74) is 17.3.